The van der Waals surface area contributed by atoms with Gasteiger partial charge in [0, 0.05) is 11.1 Å². The molecule has 0 radical (unpaired) electrons. The van der Waals surface area contributed by atoms with Crippen molar-refractivity contribution in [1.82, 2.24) is 5.06 Å². The summed E-state index contributed by atoms with van der Waals surface area (Å²) in [6, 6.07) is 0. The SMILES string of the molecule is C=CC(C)ON(C(C)(C)C)C(C)(C)C. The van der Waals surface area contributed by atoms with Gasteiger partial charge in [-0.2, -0.15) is 5.06 Å². The first-order valence-corrected chi connectivity index (χ1v) is 5.18. The standard InChI is InChI=1S/C12H25NO/c1-9-10(2)14-13(11(3,4)5)12(6,7)8/h9-10H,1H2,2-8H3. The van der Waals surface area contributed by atoms with Gasteiger partial charge in [0.05, 0.1) is 6.10 Å². The first-order valence-electron chi connectivity index (χ1n) is 5.18. The van der Waals surface area contributed by atoms with Gasteiger partial charge in [-0.3, -0.25) is 4.84 Å². The predicted molar refractivity (Wildman–Crippen MR) is 62.1 cm³/mol. The molecule has 0 spiro atoms. The largest absolute Gasteiger partial charge is 0.291 e. The monoisotopic (exact) mass is 199 g/mol. The van der Waals surface area contributed by atoms with E-state index in [9.17, 15) is 0 Å². The van der Waals surface area contributed by atoms with E-state index in [1.54, 1.807) is 0 Å². The average molecular weight is 199 g/mol. The van der Waals surface area contributed by atoms with E-state index >= 15 is 0 Å². The van der Waals surface area contributed by atoms with Crippen molar-refractivity contribution in [3.05, 3.63) is 12.7 Å². The quantitative estimate of drug-likeness (QED) is 0.510. The lowest BCUT2D eigenvalue weighted by molar-refractivity contribution is -0.271. The van der Waals surface area contributed by atoms with E-state index in [-0.39, 0.29) is 17.2 Å². The second kappa shape index (κ2) is 4.45. The molecule has 0 aromatic rings. The Kier molecular flexibility index (Phi) is 4.34. The van der Waals surface area contributed by atoms with Gasteiger partial charge in [-0.05, 0) is 48.5 Å². The Morgan fingerprint density at radius 1 is 1.07 bits per heavy atom. The zero-order valence-corrected chi connectivity index (χ0v) is 10.7. The van der Waals surface area contributed by atoms with Crippen LogP contribution in [0.5, 0.6) is 0 Å². The van der Waals surface area contributed by atoms with Crippen molar-refractivity contribution < 1.29 is 4.84 Å². The van der Waals surface area contributed by atoms with Crippen LogP contribution in [0.2, 0.25) is 0 Å². The highest BCUT2D eigenvalue weighted by atomic mass is 16.7. The zero-order chi connectivity index (χ0) is 11.6. The Morgan fingerprint density at radius 2 is 1.43 bits per heavy atom. The Hall–Kier alpha value is -0.340. The van der Waals surface area contributed by atoms with Crippen molar-refractivity contribution in [2.24, 2.45) is 0 Å². The van der Waals surface area contributed by atoms with Crippen LogP contribution in [-0.4, -0.2) is 22.2 Å². The summed E-state index contributed by atoms with van der Waals surface area (Å²) in [5.74, 6) is 0. The molecule has 2 nitrogen and oxygen atoms in total. The molecule has 0 rings (SSSR count). The van der Waals surface area contributed by atoms with E-state index in [1.165, 1.54) is 0 Å². The maximum absolute atomic E-state index is 5.84. The molecule has 0 aliphatic heterocycles. The third-order valence-electron chi connectivity index (χ3n) is 1.82. The summed E-state index contributed by atoms with van der Waals surface area (Å²) in [7, 11) is 0. The zero-order valence-electron chi connectivity index (χ0n) is 10.7. The number of hydroxylamine groups is 2. The minimum Gasteiger partial charge on any atom is -0.291 e. The summed E-state index contributed by atoms with van der Waals surface area (Å²) < 4.78 is 0. The van der Waals surface area contributed by atoms with E-state index in [0.717, 1.165) is 0 Å². The third kappa shape index (κ3) is 4.25. The first-order chi connectivity index (χ1) is 6.09. The van der Waals surface area contributed by atoms with Crippen LogP contribution in [0.3, 0.4) is 0 Å². The molecule has 0 amide bonds. The van der Waals surface area contributed by atoms with Crippen LogP contribution in [0.25, 0.3) is 0 Å². The topological polar surface area (TPSA) is 12.5 Å². The van der Waals surface area contributed by atoms with E-state index < -0.39 is 0 Å². The number of hydrogen-bond donors (Lipinski definition) is 0. The molecule has 0 saturated heterocycles. The maximum Gasteiger partial charge on any atom is 0.0943 e. The Bertz CT molecular complexity index is 171. The molecule has 0 heterocycles. The van der Waals surface area contributed by atoms with Gasteiger partial charge in [-0.25, -0.2) is 0 Å². The molecule has 84 valence electrons. The van der Waals surface area contributed by atoms with Crippen molar-refractivity contribution >= 4 is 0 Å². The number of hydrogen-bond acceptors (Lipinski definition) is 2. The molecule has 0 aliphatic rings. The van der Waals surface area contributed by atoms with Crippen LogP contribution in [0.1, 0.15) is 48.5 Å². The molecule has 1 unspecified atom stereocenters. The third-order valence-corrected chi connectivity index (χ3v) is 1.82. The Morgan fingerprint density at radius 3 is 1.64 bits per heavy atom. The van der Waals surface area contributed by atoms with Gasteiger partial charge in [0.1, 0.15) is 0 Å². The number of nitrogens with zero attached hydrogens (tertiary/aromatic N) is 1. The summed E-state index contributed by atoms with van der Waals surface area (Å²) in [5, 5.41) is 2.03. The average Bonchev–Trinajstić information content (AvgIpc) is 1.95. The van der Waals surface area contributed by atoms with Gasteiger partial charge in [-0.15, -0.1) is 6.58 Å². The van der Waals surface area contributed by atoms with Crippen LogP contribution >= 0.6 is 0 Å². The van der Waals surface area contributed by atoms with Gasteiger partial charge in [0.2, 0.25) is 0 Å². The van der Waals surface area contributed by atoms with E-state index in [1.807, 2.05) is 18.1 Å². The lowest BCUT2D eigenvalue weighted by atomic mass is 10.00. The summed E-state index contributed by atoms with van der Waals surface area (Å²) in [6.45, 7) is 18.6. The minimum absolute atomic E-state index is 0.00444. The summed E-state index contributed by atoms with van der Waals surface area (Å²) in [6.07, 6.45) is 1.86. The fourth-order valence-electron chi connectivity index (χ4n) is 1.53. The summed E-state index contributed by atoms with van der Waals surface area (Å²) in [5.41, 5.74) is -0.00889. The van der Waals surface area contributed by atoms with Gasteiger partial charge < -0.3 is 0 Å². The normalized spacial score (nSPS) is 15.7. The molecule has 14 heavy (non-hydrogen) atoms. The molecule has 1 atom stereocenters. The molecule has 0 N–H and O–H groups in total. The van der Waals surface area contributed by atoms with E-state index in [2.05, 4.69) is 48.1 Å². The van der Waals surface area contributed by atoms with Crippen LogP contribution < -0.4 is 0 Å². The van der Waals surface area contributed by atoms with E-state index in [4.69, 9.17) is 4.84 Å². The van der Waals surface area contributed by atoms with Crippen molar-refractivity contribution in [3.63, 3.8) is 0 Å². The minimum atomic E-state index is -0.00444. The Labute approximate surface area is 88.9 Å². The highest BCUT2D eigenvalue weighted by molar-refractivity contribution is 4.83. The van der Waals surface area contributed by atoms with Gasteiger partial charge in [0.25, 0.3) is 0 Å². The van der Waals surface area contributed by atoms with Crippen LogP contribution in [0.4, 0.5) is 0 Å². The molecule has 0 bridgehead atoms. The summed E-state index contributed by atoms with van der Waals surface area (Å²) >= 11 is 0. The van der Waals surface area contributed by atoms with Gasteiger partial charge >= 0.3 is 0 Å². The fraction of sp³-hybridized carbons (Fsp3) is 0.833. The second-order valence-corrected chi connectivity index (χ2v) is 5.68. The van der Waals surface area contributed by atoms with Crippen LogP contribution in [0, 0.1) is 0 Å². The van der Waals surface area contributed by atoms with Gasteiger partial charge in [-0.1, -0.05) is 6.08 Å². The van der Waals surface area contributed by atoms with E-state index in [0.29, 0.717) is 0 Å². The molecule has 0 aromatic carbocycles. The molecule has 0 aliphatic carbocycles. The highest BCUT2D eigenvalue weighted by Crippen LogP contribution is 2.26. The molecule has 0 aromatic heterocycles. The van der Waals surface area contributed by atoms with Crippen molar-refractivity contribution in [1.29, 1.82) is 0 Å². The maximum atomic E-state index is 5.84. The fourth-order valence-corrected chi connectivity index (χ4v) is 1.53. The first kappa shape index (κ1) is 13.7. The molecular weight excluding hydrogens is 174 g/mol. The lowest BCUT2D eigenvalue weighted by Crippen LogP contribution is -2.53. The Balaban J connectivity index is 4.67. The smallest absolute Gasteiger partial charge is 0.0943 e. The molecule has 2 heteroatoms. The molecule has 0 fully saturated rings. The van der Waals surface area contributed by atoms with Crippen molar-refractivity contribution in [3.8, 4) is 0 Å². The molecular formula is C12H25NO. The van der Waals surface area contributed by atoms with Crippen LogP contribution in [0.15, 0.2) is 12.7 Å². The summed E-state index contributed by atoms with van der Waals surface area (Å²) in [4.78, 5) is 5.84. The van der Waals surface area contributed by atoms with Crippen molar-refractivity contribution in [2.45, 2.75) is 65.6 Å². The van der Waals surface area contributed by atoms with Crippen molar-refractivity contribution in [2.75, 3.05) is 0 Å². The molecule has 0 saturated carbocycles. The van der Waals surface area contributed by atoms with Gasteiger partial charge in [0.15, 0.2) is 0 Å². The lowest BCUT2D eigenvalue weighted by Gasteiger charge is -2.44. The van der Waals surface area contributed by atoms with Crippen LogP contribution in [-0.2, 0) is 4.84 Å². The highest BCUT2D eigenvalue weighted by Gasteiger charge is 2.33. The number of rotatable bonds is 3. The predicted octanol–water partition coefficient (Wildman–Crippen LogP) is 3.39. The second-order valence-electron chi connectivity index (χ2n) is 5.68.